The van der Waals surface area contributed by atoms with E-state index in [1.54, 1.807) is 0 Å². The summed E-state index contributed by atoms with van der Waals surface area (Å²) in [5.74, 6) is 0.656. The number of methoxy groups -OCH3 is 1. The van der Waals surface area contributed by atoms with Crippen LogP contribution in [0.3, 0.4) is 0 Å². The Kier molecular flexibility index (Phi) is 4.26. The summed E-state index contributed by atoms with van der Waals surface area (Å²) in [4.78, 5) is 0. The average molecular weight is 248 g/mol. The number of hydrogen-bond donors (Lipinski definition) is 0. The van der Waals surface area contributed by atoms with E-state index in [2.05, 4.69) is 0 Å². The number of halogens is 3. The second-order valence-corrected chi connectivity index (χ2v) is 4.07. The quantitative estimate of drug-likeness (QED) is 0.807. The van der Waals surface area contributed by atoms with E-state index in [0.29, 0.717) is 12.4 Å². The molecule has 2 nitrogen and oxygen atoms in total. The average Bonchev–Trinajstić information content (AvgIpc) is 2.24. The third-order valence-corrected chi connectivity index (χ3v) is 2.06. The van der Waals surface area contributed by atoms with Gasteiger partial charge in [0.15, 0.2) is 11.5 Å². The zero-order chi connectivity index (χ0) is 13.1. The predicted molar refractivity (Wildman–Crippen MR) is 58.3 cm³/mol. The number of hydrogen-bond acceptors (Lipinski definition) is 2. The standard InChI is InChI=1S/C12H15F3O2/c1-8(2)7-17-11-6-9(12(13,14)15)4-5-10(11)16-3/h4-6,8H,7H2,1-3H3. The monoisotopic (exact) mass is 248 g/mol. The fraction of sp³-hybridized carbons (Fsp3) is 0.500. The lowest BCUT2D eigenvalue weighted by atomic mass is 10.2. The first-order chi connectivity index (χ1) is 7.84. The van der Waals surface area contributed by atoms with Crippen LogP contribution in [0.25, 0.3) is 0 Å². The fourth-order valence-electron chi connectivity index (χ4n) is 1.22. The van der Waals surface area contributed by atoms with Crippen molar-refractivity contribution in [3.05, 3.63) is 23.8 Å². The van der Waals surface area contributed by atoms with Crippen molar-refractivity contribution in [2.45, 2.75) is 20.0 Å². The van der Waals surface area contributed by atoms with Gasteiger partial charge in [-0.25, -0.2) is 0 Å². The van der Waals surface area contributed by atoms with Gasteiger partial charge in [-0.2, -0.15) is 13.2 Å². The van der Waals surface area contributed by atoms with Gasteiger partial charge in [0.1, 0.15) is 0 Å². The van der Waals surface area contributed by atoms with Crippen LogP contribution in [-0.4, -0.2) is 13.7 Å². The number of alkyl halides is 3. The van der Waals surface area contributed by atoms with Crippen LogP contribution in [0.2, 0.25) is 0 Å². The van der Waals surface area contributed by atoms with Crippen molar-refractivity contribution in [1.29, 1.82) is 0 Å². The Hall–Kier alpha value is -1.39. The van der Waals surface area contributed by atoms with Crippen LogP contribution >= 0.6 is 0 Å². The summed E-state index contributed by atoms with van der Waals surface area (Å²) in [5, 5.41) is 0. The van der Waals surface area contributed by atoms with Crippen LogP contribution < -0.4 is 9.47 Å². The number of ether oxygens (including phenoxy) is 2. The fourth-order valence-corrected chi connectivity index (χ4v) is 1.22. The summed E-state index contributed by atoms with van der Waals surface area (Å²) < 4.78 is 47.8. The van der Waals surface area contributed by atoms with Gasteiger partial charge >= 0.3 is 6.18 Å². The van der Waals surface area contributed by atoms with Crippen LogP contribution in [0.15, 0.2) is 18.2 Å². The topological polar surface area (TPSA) is 18.5 Å². The molecule has 0 unspecified atom stereocenters. The Morgan fingerprint density at radius 3 is 2.29 bits per heavy atom. The Morgan fingerprint density at radius 1 is 1.18 bits per heavy atom. The van der Waals surface area contributed by atoms with Gasteiger partial charge in [0.05, 0.1) is 19.3 Å². The van der Waals surface area contributed by atoms with Crippen molar-refractivity contribution >= 4 is 0 Å². The van der Waals surface area contributed by atoms with E-state index in [4.69, 9.17) is 9.47 Å². The maximum absolute atomic E-state index is 12.5. The third kappa shape index (κ3) is 3.84. The van der Waals surface area contributed by atoms with Crippen molar-refractivity contribution in [3.8, 4) is 11.5 Å². The van der Waals surface area contributed by atoms with E-state index in [9.17, 15) is 13.2 Å². The van der Waals surface area contributed by atoms with Gasteiger partial charge < -0.3 is 9.47 Å². The van der Waals surface area contributed by atoms with Gasteiger partial charge in [0.25, 0.3) is 0 Å². The van der Waals surface area contributed by atoms with Crippen LogP contribution in [0, 0.1) is 5.92 Å². The first-order valence-electron chi connectivity index (χ1n) is 5.22. The van der Waals surface area contributed by atoms with Gasteiger partial charge in [0.2, 0.25) is 0 Å². The van der Waals surface area contributed by atoms with E-state index in [1.165, 1.54) is 13.2 Å². The molecule has 0 aliphatic carbocycles. The molecule has 0 radical (unpaired) electrons. The molecule has 0 fully saturated rings. The van der Waals surface area contributed by atoms with E-state index in [0.717, 1.165) is 12.1 Å². The molecule has 0 aliphatic rings. The highest BCUT2D eigenvalue weighted by atomic mass is 19.4. The molecule has 0 spiro atoms. The summed E-state index contributed by atoms with van der Waals surface area (Å²) >= 11 is 0. The molecule has 1 rings (SSSR count). The highest BCUT2D eigenvalue weighted by Gasteiger charge is 2.31. The number of rotatable bonds is 4. The molecule has 5 heteroatoms. The van der Waals surface area contributed by atoms with Crippen LogP contribution in [0.1, 0.15) is 19.4 Å². The minimum atomic E-state index is -4.37. The molecule has 0 amide bonds. The molecule has 0 saturated heterocycles. The van der Waals surface area contributed by atoms with Crippen molar-refractivity contribution in [1.82, 2.24) is 0 Å². The zero-order valence-corrected chi connectivity index (χ0v) is 9.97. The third-order valence-electron chi connectivity index (χ3n) is 2.06. The Bertz CT molecular complexity index is 373. The Morgan fingerprint density at radius 2 is 1.82 bits per heavy atom. The van der Waals surface area contributed by atoms with Crippen LogP contribution in [0.4, 0.5) is 13.2 Å². The second kappa shape index (κ2) is 5.29. The highest BCUT2D eigenvalue weighted by Crippen LogP contribution is 2.36. The zero-order valence-electron chi connectivity index (χ0n) is 9.97. The van der Waals surface area contributed by atoms with Gasteiger partial charge in [-0.05, 0) is 24.1 Å². The van der Waals surface area contributed by atoms with Gasteiger partial charge in [-0.15, -0.1) is 0 Å². The normalized spacial score (nSPS) is 11.7. The molecule has 0 aliphatic heterocycles. The molecule has 0 N–H and O–H groups in total. The highest BCUT2D eigenvalue weighted by molar-refractivity contribution is 5.43. The molecule has 0 atom stereocenters. The van der Waals surface area contributed by atoms with E-state index < -0.39 is 11.7 Å². The lowest BCUT2D eigenvalue weighted by Gasteiger charge is -2.14. The van der Waals surface area contributed by atoms with Gasteiger partial charge in [-0.3, -0.25) is 0 Å². The van der Waals surface area contributed by atoms with Crippen molar-refractivity contribution in [3.63, 3.8) is 0 Å². The van der Waals surface area contributed by atoms with Crippen molar-refractivity contribution in [2.24, 2.45) is 5.92 Å². The SMILES string of the molecule is COc1ccc(C(F)(F)F)cc1OCC(C)C. The van der Waals surface area contributed by atoms with E-state index >= 15 is 0 Å². The van der Waals surface area contributed by atoms with Gasteiger partial charge in [-0.1, -0.05) is 13.8 Å². The van der Waals surface area contributed by atoms with E-state index in [1.807, 2.05) is 13.8 Å². The molecule has 1 aromatic rings. The van der Waals surface area contributed by atoms with Crippen molar-refractivity contribution < 1.29 is 22.6 Å². The minimum Gasteiger partial charge on any atom is -0.493 e. The summed E-state index contributed by atoms with van der Waals surface area (Å²) in [5.41, 5.74) is -0.739. The molecule has 0 saturated carbocycles. The van der Waals surface area contributed by atoms with E-state index in [-0.39, 0.29) is 11.7 Å². The molecule has 1 aromatic carbocycles. The predicted octanol–water partition coefficient (Wildman–Crippen LogP) is 3.75. The summed E-state index contributed by atoms with van der Waals surface area (Å²) in [7, 11) is 1.39. The second-order valence-electron chi connectivity index (χ2n) is 4.07. The first-order valence-corrected chi connectivity index (χ1v) is 5.22. The summed E-state index contributed by atoms with van der Waals surface area (Å²) in [6, 6.07) is 3.20. The smallest absolute Gasteiger partial charge is 0.416 e. The Balaban J connectivity index is 2.98. The maximum atomic E-state index is 12.5. The molecule has 0 bridgehead atoms. The van der Waals surface area contributed by atoms with Crippen LogP contribution in [-0.2, 0) is 6.18 Å². The molecular weight excluding hydrogens is 233 g/mol. The minimum absolute atomic E-state index is 0.121. The maximum Gasteiger partial charge on any atom is 0.416 e. The lowest BCUT2D eigenvalue weighted by molar-refractivity contribution is -0.137. The van der Waals surface area contributed by atoms with Crippen LogP contribution in [0.5, 0.6) is 11.5 Å². The largest absolute Gasteiger partial charge is 0.493 e. The summed E-state index contributed by atoms with van der Waals surface area (Å²) in [6.45, 7) is 4.18. The summed E-state index contributed by atoms with van der Waals surface area (Å²) in [6.07, 6.45) is -4.37. The molecular formula is C12H15F3O2. The molecule has 17 heavy (non-hydrogen) atoms. The lowest BCUT2D eigenvalue weighted by Crippen LogP contribution is -2.08. The number of benzene rings is 1. The molecule has 0 heterocycles. The van der Waals surface area contributed by atoms with Crippen molar-refractivity contribution in [2.75, 3.05) is 13.7 Å². The van der Waals surface area contributed by atoms with Gasteiger partial charge in [0, 0.05) is 0 Å². The molecule has 0 aromatic heterocycles. The first kappa shape index (κ1) is 13.7. The Labute approximate surface area is 98.3 Å². The molecule has 96 valence electrons.